The van der Waals surface area contributed by atoms with E-state index < -0.39 is 35.7 Å². The van der Waals surface area contributed by atoms with Crippen LogP contribution in [0.4, 0.5) is 23.2 Å². The van der Waals surface area contributed by atoms with Crippen LogP contribution < -0.4 is 5.32 Å². The van der Waals surface area contributed by atoms with Crippen molar-refractivity contribution in [1.29, 1.82) is 0 Å². The van der Waals surface area contributed by atoms with Gasteiger partial charge in [-0.2, -0.15) is 0 Å². The van der Waals surface area contributed by atoms with Gasteiger partial charge in [-0.05, 0) is 0 Å². The number of hydrogen-bond donors (Lipinski definition) is 1. The van der Waals surface area contributed by atoms with Crippen molar-refractivity contribution in [1.82, 2.24) is 0 Å². The number of amides is 1. The maximum atomic E-state index is 12.8. The van der Waals surface area contributed by atoms with Crippen molar-refractivity contribution in [3.8, 4) is 0 Å². The number of halogens is 4. The monoisotopic (exact) mass is 207 g/mol. The molecule has 1 amide bonds. The normalized spacial score (nSPS) is 10.0. The first kappa shape index (κ1) is 10.5. The van der Waals surface area contributed by atoms with E-state index in [2.05, 4.69) is 0 Å². The van der Waals surface area contributed by atoms with Crippen LogP contribution in [-0.4, -0.2) is 12.6 Å². The minimum atomic E-state index is -1.45. The fourth-order valence-electron chi connectivity index (χ4n) is 0.831. The summed E-state index contributed by atoms with van der Waals surface area (Å²) in [7, 11) is 0. The third-order valence-electron chi connectivity index (χ3n) is 1.39. The predicted octanol–water partition coefficient (Wildman–Crippen LogP) is 2.01. The molecule has 6 heteroatoms. The molecule has 14 heavy (non-hydrogen) atoms. The first-order valence-electron chi connectivity index (χ1n) is 3.55. The van der Waals surface area contributed by atoms with E-state index in [1.54, 1.807) is 5.32 Å². The van der Waals surface area contributed by atoms with Crippen LogP contribution in [0.15, 0.2) is 12.1 Å². The molecular weight excluding hydrogens is 202 g/mol. The molecule has 76 valence electrons. The molecule has 0 radical (unpaired) electrons. The van der Waals surface area contributed by atoms with Crippen molar-refractivity contribution in [2.24, 2.45) is 0 Å². The number of benzene rings is 1. The molecule has 2 nitrogen and oxygen atoms in total. The van der Waals surface area contributed by atoms with Gasteiger partial charge in [-0.25, -0.2) is 17.6 Å². The van der Waals surface area contributed by atoms with Crippen molar-refractivity contribution >= 4 is 11.6 Å². The van der Waals surface area contributed by atoms with Crippen LogP contribution >= 0.6 is 0 Å². The summed E-state index contributed by atoms with van der Waals surface area (Å²) in [6, 6.07) is 0.881. The van der Waals surface area contributed by atoms with E-state index in [0.29, 0.717) is 12.1 Å². The van der Waals surface area contributed by atoms with Gasteiger partial charge in [0, 0.05) is 12.1 Å². The van der Waals surface area contributed by atoms with Crippen molar-refractivity contribution < 1.29 is 22.4 Å². The van der Waals surface area contributed by atoms with Crippen LogP contribution in [0.1, 0.15) is 0 Å². The summed E-state index contributed by atoms with van der Waals surface area (Å²) in [4.78, 5) is 10.5. The molecule has 0 spiro atoms. The van der Waals surface area contributed by atoms with Crippen molar-refractivity contribution in [3.63, 3.8) is 0 Å². The lowest BCUT2D eigenvalue weighted by Crippen LogP contribution is -2.14. The zero-order valence-electron chi connectivity index (χ0n) is 6.78. The molecule has 0 unspecified atom stereocenters. The fourth-order valence-corrected chi connectivity index (χ4v) is 0.831. The highest BCUT2D eigenvalue weighted by atomic mass is 19.2. The van der Waals surface area contributed by atoms with Gasteiger partial charge in [0.1, 0.15) is 5.82 Å². The van der Waals surface area contributed by atoms with Gasteiger partial charge in [0.05, 0.1) is 5.69 Å². The van der Waals surface area contributed by atoms with E-state index in [-0.39, 0.29) is 0 Å². The molecule has 0 atom stereocenters. The molecule has 0 saturated heterocycles. The van der Waals surface area contributed by atoms with Gasteiger partial charge in [0.25, 0.3) is 5.91 Å². The molecular formula is C8H5F4NO. The predicted molar refractivity (Wildman–Crippen MR) is 40.9 cm³/mol. The van der Waals surface area contributed by atoms with Gasteiger partial charge in [-0.1, -0.05) is 0 Å². The maximum absolute atomic E-state index is 12.8. The first-order valence-corrected chi connectivity index (χ1v) is 3.55. The van der Waals surface area contributed by atoms with Crippen molar-refractivity contribution in [2.45, 2.75) is 0 Å². The summed E-state index contributed by atoms with van der Waals surface area (Å²) in [5.41, 5.74) is -0.717. The molecule has 1 aromatic rings. The Balaban J connectivity index is 3.02. The highest BCUT2D eigenvalue weighted by molar-refractivity contribution is 5.91. The topological polar surface area (TPSA) is 29.1 Å². The second-order valence-electron chi connectivity index (χ2n) is 2.43. The number of carbonyl (C=O) groups excluding carboxylic acids is 1. The van der Waals surface area contributed by atoms with Crippen LogP contribution in [0.3, 0.4) is 0 Å². The van der Waals surface area contributed by atoms with E-state index >= 15 is 0 Å². The zero-order chi connectivity index (χ0) is 10.7. The number of nitrogens with one attached hydrogen (secondary N) is 1. The largest absolute Gasteiger partial charge is 0.321 e. The van der Waals surface area contributed by atoms with Crippen LogP contribution in [0.25, 0.3) is 0 Å². The highest BCUT2D eigenvalue weighted by Crippen LogP contribution is 2.18. The lowest BCUT2D eigenvalue weighted by atomic mass is 10.3. The van der Waals surface area contributed by atoms with Gasteiger partial charge in [-0.15, -0.1) is 0 Å². The number of alkyl halides is 1. The summed E-state index contributed by atoms with van der Waals surface area (Å²) in [6.07, 6.45) is 0. The quantitative estimate of drug-likeness (QED) is 0.583. The standard InChI is InChI=1S/C8H5F4NO/c9-3-7(14)13-6-2-4(10)1-5(11)8(6)12/h1-2H,3H2,(H,13,14). The molecule has 0 aromatic heterocycles. The molecule has 0 aliphatic rings. The fraction of sp³-hybridized carbons (Fsp3) is 0.125. The second kappa shape index (κ2) is 4.08. The summed E-state index contributed by atoms with van der Waals surface area (Å²) in [5.74, 6) is -5.10. The van der Waals surface area contributed by atoms with Gasteiger partial charge in [0.2, 0.25) is 0 Å². The van der Waals surface area contributed by atoms with Crippen molar-refractivity contribution in [3.05, 3.63) is 29.6 Å². The lowest BCUT2D eigenvalue weighted by molar-refractivity contribution is -0.117. The van der Waals surface area contributed by atoms with E-state index in [1.165, 1.54) is 0 Å². The molecule has 0 aliphatic carbocycles. The smallest absolute Gasteiger partial charge is 0.255 e. The van der Waals surface area contributed by atoms with Gasteiger partial charge in [0.15, 0.2) is 18.3 Å². The van der Waals surface area contributed by atoms with Crippen LogP contribution in [-0.2, 0) is 4.79 Å². The Morgan fingerprint density at radius 3 is 2.50 bits per heavy atom. The Kier molecular flexibility index (Phi) is 3.06. The Hall–Kier alpha value is -1.59. The van der Waals surface area contributed by atoms with E-state index in [0.717, 1.165) is 0 Å². The number of hydrogen-bond acceptors (Lipinski definition) is 1. The van der Waals surface area contributed by atoms with E-state index in [1.807, 2.05) is 0 Å². The Morgan fingerprint density at radius 2 is 1.93 bits per heavy atom. The molecule has 0 bridgehead atoms. The maximum Gasteiger partial charge on any atom is 0.255 e. The van der Waals surface area contributed by atoms with Crippen LogP contribution in [0, 0.1) is 17.5 Å². The van der Waals surface area contributed by atoms with Gasteiger partial charge in [-0.3, -0.25) is 4.79 Å². The molecule has 0 heterocycles. The Bertz CT molecular complexity index is 367. The SMILES string of the molecule is O=C(CF)Nc1cc(F)cc(F)c1F. The Morgan fingerprint density at radius 1 is 1.29 bits per heavy atom. The number of carbonyl (C=O) groups is 1. The molecule has 0 fully saturated rings. The molecule has 0 aliphatic heterocycles. The van der Waals surface area contributed by atoms with Crippen molar-refractivity contribution in [2.75, 3.05) is 12.0 Å². The molecule has 1 aromatic carbocycles. The lowest BCUT2D eigenvalue weighted by Gasteiger charge is -2.04. The third-order valence-corrected chi connectivity index (χ3v) is 1.39. The van der Waals surface area contributed by atoms with E-state index in [9.17, 15) is 22.4 Å². The van der Waals surface area contributed by atoms with E-state index in [4.69, 9.17) is 0 Å². The number of anilines is 1. The zero-order valence-corrected chi connectivity index (χ0v) is 6.78. The average Bonchev–Trinajstić information content (AvgIpc) is 2.13. The third kappa shape index (κ3) is 2.21. The van der Waals surface area contributed by atoms with Gasteiger partial charge >= 0.3 is 0 Å². The first-order chi connectivity index (χ1) is 6.54. The van der Waals surface area contributed by atoms with Crippen LogP contribution in [0.5, 0.6) is 0 Å². The van der Waals surface area contributed by atoms with Gasteiger partial charge < -0.3 is 5.32 Å². The average molecular weight is 207 g/mol. The molecule has 1 N–H and O–H groups in total. The second-order valence-corrected chi connectivity index (χ2v) is 2.43. The number of rotatable bonds is 2. The summed E-state index contributed by atoms with van der Waals surface area (Å²) >= 11 is 0. The Labute approximate surface area is 76.5 Å². The minimum Gasteiger partial charge on any atom is -0.321 e. The summed E-state index contributed by atoms with van der Waals surface area (Å²) in [5, 5.41) is 1.67. The molecule has 0 saturated carbocycles. The highest BCUT2D eigenvalue weighted by Gasteiger charge is 2.12. The summed E-state index contributed by atoms with van der Waals surface area (Å²) < 4.78 is 49.5. The summed E-state index contributed by atoms with van der Waals surface area (Å²) in [6.45, 7) is -1.39. The minimum absolute atomic E-state index is 0.320. The molecule has 1 rings (SSSR count). The van der Waals surface area contributed by atoms with Crippen LogP contribution in [0.2, 0.25) is 0 Å².